The molecule has 752 valence electrons. The summed E-state index contributed by atoms with van der Waals surface area (Å²) < 4.78 is 47.6. The van der Waals surface area contributed by atoms with Crippen LogP contribution >= 0.6 is 83.5 Å². The lowest BCUT2D eigenvalue weighted by atomic mass is 9.83. The van der Waals surface area contributed by atoms with Gasteiger partial charge in [-0.2, -0.15) is 0 Å². The number of likely N-dealkylation sites (N-methyl/N-ethyl adjacent to an activating group) is 2. The Morgan fingerprint density at radius 2 is 1.05 bits per heavy atom. The van der Waals surface area contributed by atoms with Crippen molar-refractivity contribution >= 4 is 154 Å². The summed E-state index contributed by atoms with van der Waals surface area (Å²) >= 11 is 13.7. The fourth-order valence-corrected chi connectivity index (χ4v) is 25.2. The number of Topliss-reactive ketones (excluding diaryl/α,β-unsaturated/α-hetero) is 1. The third kappa shape index (κ3) is 32.5. The lowest BCUT2D eigenvalue weighted by Gasteiger charge is -2.42. The van der Waals surface area contributed by atoms with Crippen LogP contribution in [-0.2, 0) is 89.1 Å². The van der Waals surface area contributed by atoms with Crippen molar-refractivity contribution < 1.29 is 96.1 Å². The van der Waals surface area contributed by atoms with Crippen molar-refractivity contribution in [1.29, 1.82) is 0 Å². The molecule has 3 unspecified atom stereocenters. The number of allylic oxidation sites excluding steroid dienone is 6. The van der Waals surface area contributed by atoms with Gasteiger partial charge in [-0.25, -0.2) is 19.2 Å². The molecule has 19 atom stereocenters. The number of aryl methyl sites for hydroxylation is 2. The molecule has 134 heavy (non-hydrogen) atoms. The number of halogens is 2. The van der Waals surface area contributed by atoms with Crippen LogP contribution in [0.3, 0.4) is 0 Å². The van der Waals surface area contributed by atoms with Crippen molar-refractivity contribution in [2.45, 2.75) is 357 Å². The van der Waals surface area contributed by atoms with Crippen LogP contribution in [0.25, 0.3) is 0 Å². The molecule has 2 aromatic rings. The van der Waals surface area contributed by atoms with E-state index >= 15 is 0 Å². The zero-order chi connectivity index (χ0) is 99.9. The molecule has 35 heteroatoms. The number of amides is 7. The highest BCUT2D eigenvalue weighted by Crippen LogP contribution is 2.52. The maximum atomic E-state index is 14.3. The van der Waals surface area contributed by atoms with E-state index in [0.717, 1.165) is 107 Å². The molecule has 4 saturated heterocycles. The third-order valence-electron chi connectivity index (χ3n) is 27.7. The number of carbonyl (C=O) groups is 10. The van der Waals surface area contributed by atoms with Crippen LogP contribution < -0.4 is 25.8 Å². The summed E-state index contributed by atoms with van der Waals surface area (Å²) in [5, 5.41) is 33.6. The average Bonchev–Trinajstić information content (AvgIpc) is 1.57. The van der Waals surface area contributed by atoms with Gasteiger partial charge in [0.25, 0.3) is 0 Å². The minimum atomic E-state index is -1.83. The first-order valence-electron chi connectivity index (χ1n) is 47.3. The Balaban J connectivity index is 0.000000366. The topological polar surface area (TPSA) is 341 Å². The van der Waals surface area contributed by atoms with Gasteiger partial charge in [-0.3, -0.25) is 39.4 Å². The van der Waals surface area contributed by atoms with Crippen molar-refractivity contribution in [2.75, 3.05) is 82.6 Å². The summed E-state index contributed by atoms with van der Waals surface area (Å²) in [6.45, 7) is 38.5. The molecule has 6 aliphatic heterocycles. The van der Waals surface area contributed by atoms with Gasteiger partial charge in [0.2, 0.25) is 29.5 Å². The number of ketones is 1. The molecule has 4 fully saturated rings. The number of esters is 2. The summed E-state index contributed by atoms with van der Waals surface area (Å²) in [6, 6.07) is 5.64. The first-order valence-corrected chi connectivity index (χ1v) is 55.1. The van der Waals surface area contributed by atoms with Crippen LogP contribution in [0.5, 0.6) is 0 Å². The number of methoxy groups -OCH3 is 2. The summed E-state index contributed by atoms with van der Waals surface area (Å²) in [5.74, 6) is -2.02. The Hall–Kier alpha value is -5.50. The van der Waals surface area contributed by atoms with Crippen LogP contribution in [0.15, 0.2) is 71.9 Å². The number of alkyl carbamates (subject to hydrolysis) is 2. The number of fused-ring (bicyclic) bond motifs is 10. The molecular weight excluding hydrogens is 1870 g/mol. The second-order valence-corrected chi connectivity index (χ2v) is 49.6. The molecule has 5 N–H and O–H groups in total. The van der Waals surface area contributed by atoms with E-state index in [4.69, 9.17) is 61.1 Å². The molecular formula is C99H153Cl2N7O20P2S4. The van der Waals surface area contributed by atoms with Gasteiger partial charge < -0.3 is 73.0 Å². The lowest BCUT2D eigenvalue weighted by molar-refractivity contribution is -0.162. The van der Waals surface area contributed by atoms with E-state index in [9.17, 15) is 58.2 Å². The molecule has 0 spiro atoms. The van der Waals surface area contributed by atoms with E-state index in [0.29, 0.717) is 81.8 Å². The number of anilines is 2. The fraction of sp³-hybridized carbons (Fsp3) is 0.697. The Labute approximate surface area is 826 Å². The minimum Gasteiger partial charge on any atom is -0.457 e. The number of hydrogen-bond donors (Lipinski definition) is 5. The number of nitrogens with one attached hydrogen (secondary N) is 3. The number of rotatable bonds is 38. The van der Waals surface area contributed by atoms with Gasteiger partial charge in [-0.05, 0) is 190 Å². The number of benzene rings is 2. The lowest BCUT2D eigenvalue weighted by Crippen LogP contribution is -2.63. The quantitative estimate of drug-likeness (QED) is 0.0104. The van der Waals surface area contributed by atoms with Crippen LogP contribution in [0, 0.1) is 25.7 Å². The molecule has 0 aliphatic carbocycles. The number of nitrogens with zero attached hydrogens (tertiary/aromatic N) is 4. The smallest absolute Gasteiger partial charge is 0.409 e. The monoisotopic (exact) mass is 2020 g/mol. The largest absolute Gasteiger partial charge is 0.457 e. The van der Waals surface area contributed by atoms with Gasteiger partial charge in [0.15, 0.2) is 11.4 Å². The van der Waals surface area contributed by atoms with Crippen LogP contribution in [-0.4, -0.2) is 256 Å². The van der Waals surface area contributed by atoms with Crippen molar-refractivity contribution in [3.8, 4) is 0 Å². The Bertz CT molecular complexity index is 4520. The zero-order valence-electron chi connectivity index (χ0n) is 83.7. The van der Waals surface area contributed by atoms with Gasteiger partial charge in [-0.15, -0.1) is 17.2 Å². The molecule has 27 nitrogen and oxygen atoms in total. The molecule has 8 rings (SSSR count). The first kappa shape index (κ1) is 115. The molecule has 0 radical (unpaired) electrons. The van der Waals surface area contributed by atoms with Crippen molar-refractivity contribution in [2.24, 2.45) is 11.8 Å². The van der Waals surface area contributed by atoms with Crippen molar-refractivity contribution in [3.63, 3.8) is 0 Å². The second kappa shape index (κ2) is 51.8. The number of carbonyl (C=O) groups excluding carboxylic acids is 10. The van der Waals surface area contributed by atoms with Gasteiger partial charge in [0, 0.05) is 127 Å². The highest BCUT2D eigenvalue weighted by Gasteiger charge is 2.66. The normalized spacial score (nSPS) is 28.0. The first-order chi connectivity index (χ1) is 62.8. The van der Waals surface area contributed by atoms with E-state index in [2.05, 4.69) is 78.3 Å². The molecule has 2 aromatic carbocycles. The zero-order valence-corrected chi connectivity index (χ0v) is 90.4. The fourth-order valence-electron chi connectivity index (χ4n) is 17.0. The third-order valence-corrected chi connectivity index (χ3v) is 39.3. The number of aliphatic hydroxyl groups is 2. The molecule has 0 aromatic heterocycles. The predicted molar refractivity (Wildman–Crippen MR) is 546 cm³/mol. The Morgan fingerprint density at radius 3 is 1.49 bits per heavy atom. The highest BCUT2D eigenvalue weighted by molar-refractivity contribution is 8.77. The standard InChI is InChI=1S/C50H78ClN4O10PS2.C49H75ClN3O10PS2/c1-14-48(9,15-2)66-24-23-52-40(56)20-17-25-67-68-47(7,8)22-21-41(57)54(11)34(6)45(59)64-39-29-42(58)55(12)36-28-35(27-32(4)43(36)51)26-31(3)18-16-19-38(62-13)50(61)30-37(63-46(60)53-50)33(5)44-49(39,10)65-44;1-13-47(8,14-2)64-23-16-18-36(54)21-20-32(5)66-65-24-22-41(55)52(10)34(7)45(57)62-40-28-42(56)53(11)37-27-35(26-31(4)43(37)50)25-30(3)17-15-19-39(60-12)49(59)29-38(61-46(58)51-49)33(6)44-48(40,9)63-44/h16,18-19,27-28,33-34,37-39,44,61,66H,14-15,17,20-26,29-30H2,1-13H3,(H,52,56)(H,53,60);15,17,19,26-27,32-34,38-40,44,59,64H,13-14,16,18,20-25,28-29H2,1-12H3,(H,51,58)/b19-16+,31-18+;19-15+,30-17+/t33-,34+,37+,38-,39+,44+,49+,50+;32?,33-,34+,38+,39-,40+,44+,48+,49+/m11/s1. The average molecular weight is 2020 g/mol. The summed E-state index contributed by atoms with van der Waals surface area (Å²) in [4.78, 5) is 140. The van der Waals surface area contributed by atoms with Crippen LogP contribution in [0.4, 0.5) is 21.0 Å². The summed E-state index contributed by atoms with van der Waals surface area (Å²) in [6.07, 6.45) is 14.1. The van der Waals surface area contributed by atoms with Gasteiger partial charge in [0.1, 0.15) is 65.7 Å². The second-order valence-electron chi connectivity index (χ2n) is 38.7. The van der Waals surface area contributed by atoms with E-state index in [1.54, 1.807) is 123 Å². The van der Waals surface area contributed by atoms with E-state index < -0.39 is 125 Å². The van der Waals surface area contributed by atoms with E-state index in [1.165, 1.54) is 46.7 Å². The number of epoxide rings is 2. The van der Waals surface area contributed by atoms with E-state index in [1.807, 2.05) is 78.0 Å². The molecule has 8 bridgehead atoms. The highest BCUT2D eigenvalue weighted by atomic mass is 35.5. The van der Waals surface area contributed by atoms with Crippen molar-refractivity contribution in [1.82, 2.24) is 25.8 Å². The van der Waals surface area contributed by atoms with Crippen LogP contribution in [0.2, 0.25) is 10.0 Å². The summed E-state index contributed by atoms with van der Waals surface area (Å²) in [7, 11) is 17.6. The molecule has 0 saturated carbocycles. The number of ether oxygens (including phenoxy) is 8. The van der Waals surface area contributed by atoms with Crippen molar-refractivity contribution in [3.05, 3.63) is 104 Å². The van der Waals surface area contributed by atoms with E-state index in [-0.39, 0.29) is 72.2 Å². The maximum absolute atomic E-state index is 14.3. The van der Waals surface area contributed by atoms with Gasteiger partial charge >= 0.3 is 24.1 Å². The Morgan fingerprint density at radius 1 is 0.619 bits per heavy atom. The minimum absolute atomic E-state index is 0.0468. The molecule has 6 aliphatic rings. The molecule has 6 heterocycles. The maximum Gasteiger partial charge on any atom is 0.409 e. The van der Waals surface area contributed by atoms with Gasteiger partial charge in [0.05, 0.1) is 46.5 Å². The van der Waals surface area contributed by atoms with Crippen LogP contribution in [0.1, 0.15) is 249 Å². The Kier molecular flexibility index (Phi) is 44.6. The number of hydrogen-bond acceptors (Lipinski definition) is 24. The molecule has 7 amide bonds. The SMILES string of the molecule is CCC(C)(CC)PCCCC(=O)CCC(C)SSCCC(=O)N(C)[C@@H](C)C(=O)O[C@H]1CC(=O)N(C)c2cc(cc(C)c2Cl)C/C(C)=C/C=C/[C@@H](OC)[C@@]2(O)C[C@H](OC(=O)N2)[C@@H](C)[C@@H]2O[C@@]12C.CCC(C)(CC)PCCNC(=O)CCCSSC(C)(C)CCC(=O)N(C)[C@@H](C)C(=O)O[C@H]1CC(=O)N(C)c2cc(cc(C)c2Cl)C/C(C)=C/C=C/[C@@H](OC)[C@@]2(O)C[C@H](OC(=O)N2)[C@@H](C)[C@@H]2O[C@@]12C. The summed E-state index contributed by atoms with van der Waals surface area (Å²) in [5.41, 5.74) is 0.218. The predicted octanol–water partition coefficient (Wildman–Crippen LogP) is 18.3. The van der Waals surface area contributed by atoms with Gasteiger partial charge in [-0.1, -0.05) is 188 Å².